The van der Waals surface area contributed by atoms with Crippen LogP contribution in [-0.2, 0) is 13.6 Å². The van der Waals surface area contributed by atoms with E-state index in [9.17, 15) is 4.79 Å². The number of carbonyl (C=O) groups is 1. The zero-order valence-electron chi connectivity index (χ0n) is 23.6. The van der Waals surface area contributed by atoms with E-state index in [2.05, 4.69) is 35.5 Å². The number of hydrogen-bond donors (Lipinski definition) is 2. The summed E-state index contributed by atoms with van der Waals surface area (Å²) >= 11 is 0. The number of nitrogens with one attached hydrogen (secondary N) is 2. The molecule has 1 amide bonds. The largest absolute Gasteiger partial charge is 0.355 e. The van der Waals surface area contributed by atoms with Crippen molar-refractivity contribution in [2.24, 2.45) is 12.5 Å². The molecule has 0 atom stereocenters. The van der Waals surface area contributed by atoms with Gasteiger partial charge in [-0.05, 0) is 76.1 Å². The van der Waals surface area contributed by atoms with Crippen molar-refractivity contribution >= 4 is 28.4 Å². The van der Waals surface area contributed by atoms with Crippen molar-refractivity contribution in [2.45, 2.75) is 38.6 Å². The fraction of sp³-hybridized carbons (Fsp3) is 0.452. The number of aromatic nitrogens is 5. The number of aryl methyl sites for hydroxylation is 1. The molecule has 0 saturated carbocycles. The van der Waals surface area contributed by atoms with Crippen LogP contribution in [0.2, 0.25) is 0 Å². The quantitative estimate of drug-likeness (QED) is 0.373. The highest BCUT2D eigenvalue weighted by molar-refractivity contribution is 6.04. The molecular formula is C31H37N9O. The maximum Gasteiger partial charge on any atom is 0.257 e. The van der Waals surface area contributed by atoms with Gasteiger partial charge in [0.15, 0.2) is 0 Å². The molecule has 3 saturated heterocycles. The van der Waals surface area contributed by atoms with Gasteiger partial charge in [0, 0.05) is 67.1 Å². The minimum Gasteiger partial charge on any atom is -0.355 e. The normalized spacial score (nSPS) is 18.9. The van der Waals surface area contributed by atoms with Crippen LogP contribution in [0.15, 0.2) is 48.9 Å². The second kappa shape index (κ2) is 10.8. The highest BCUT2D eigenvalue weighted by atomic mass is 16.1. The maximum absolute atomic E-state index is 13.2. The van der Waals surface area contributed by atoms with E-state index in [0.717, 1.165) is 73.8 Å². The van der Waals surface area contributed by atoms with Crippen LogP contribution in [0.3, 0.4) is 0 Å². The third kappa shape index (κ3) is 5.29. The van der Waals surface area contributed by atoms with Gasteiger partial charge in [-0.2, -0.15) is 5.10 Å². The first-order valence-corrected chi connectivity index (χ1v) is 14.8. The highest BCUT2D eigenvalue weighted by Crippen LogP contribution is 2.40. The van der Waals surface area contributed by atoms with Gasteiger partial charge in [-0.3, -0.25) is 14.4 Å². The SMILES string of the molecule is Cn1ncc(-c2ccc3cnc(NC(=O)c4ccnc(N5CC6(CCNCC6)C5)c4)cc3n2)c1CN1CCCCC1. The minimum absolute atomic E-state index is 0.204. The first kappa shape index (κ1) is 26.0. The highest BCUT2D eigenvalue weighted by Gasteiger charge is 2.43. The zero-order chi connectivity index (χ0) is 27.8. The number of fused-ring (bicyclic) bond motifs is 1. The van der Waals surface area contributed by atoms with Gasteiger partial charge in [-0.15, -0.1) is 0 Å². The summed E-state index contributed by atoms with van der Waals surface area (Å²) in [7, 11) is 2.00. The predicted octanol–water partition coefficient (Wildman–Crippen LogP) is 3.85. The Kier molecular flexibility index (Phi) is 6.88. The van der Waals surface area contributed by atoms with Crippen molar-refractivity contribution < 1.29 is 4.79 Å². The van der Waals surface area contributed by atoms with E-state index in [0.29, 0.717) is 16.8 Å². The Bertz CT molecular complexity index is 1560. The van der Waals surface area contributed by atoms with Crippen LogP contribution in [0.1, 0.15) is 48.2 Å². The van der Waals surface area contributed by atoms with Gasteiger partial charge in [0.2, 0.25) is 0 Å². The zero-order valence-corrected chi connectivity index (χ0v) is 23.6. The third-order valence-electron chi connectivity index (χ3n) is 9.02. The van der Waals surface area contributed by atoms with E-state index in [1.807, 2.05) is 42.2 Å². The standard InChI is InChI=1S/C31H37N9O/c1-38-27(19-39-13-3-2-4-14-39)24(18-35-38)25-6-5-23-17-34-28(16-26(23)36-25)37-30(41)22-7-10-33-29(15-22)40-20-31(21-40)8-11-32-12-9-31/h5-7,10,15-18,32H,2-4,8-9,11-14,19-21H2,1H3,(H,34,37,41). The Morgan fingerprint density at radius 2 is 1.85 bits per heavy atom. The molecule has 7 heterocycles. The van der Waals surface area contributed by atoms with Gasteiger partial charge in [0.1, 0.15) is 11.6 Å². The van der Waals surface area contributed by atoms with E-state index >= 15 is 0 Å². The van der Waals surface area contributed by atoms with Gasteiger partial charge in [0.05, 0.1) is 23.1 Å². The van der Waals surface area contributed by atoms with Gasteiger partial charge in [0.25, 0.3) is 5.91 Å². The van der Waals surface area contributed by atoms with Crippen LogP contribution in [0, 0.1) is 5.41 Å². The van der Waals surface area contributed by atoms with Crippen LogP contribution < -0.4 is 15.5 Å². The number of nitrogens with zero attached hydrogens (tertiary/aromatic N) is 7. The molecule has 3 fully saturated rings. The summed E-state index contributed by atoms with van der Waals surface area (Å²) in [6.07, 6.45) is 11.6. The lowest BCUT2D eigenvalue weighted by molar-refractivity contribution is 0.102. The molecule has 4 aromatic rings. The molecule has 4 aromatic heterocycles. The van der Waals surface area contributed by atoms with Gasteiger partial charge >= 0.3 is 0 Å². The number of hydrogen-bond acceptors (Lipinski definition) is 8. The Hall–Kier alpha value is -3.89. The van der Waals surface area contributed by atoms with Crippen molar-refractivity contribution in [3.8, 4) is 11.3 Å². The lowest BCUT2D eigenvalue weighted by Gasteiger charge is -2.53. The Labute approximate surface area is 240 Å². The molecule has 7 rings (SSSR count). The third-order valence-corrected chi connectivity index (χ3v) is 9.02. The molecule has 3 aliphatic heterocycles. The number of carbonyl (C=O) groups excluding carboxylic acids is 1. The van der Waals surface area contributed by atoms with Crippen LogP contribution in [0.4, 0.5) is 11.6 Å². The van der Waals surface area contributed by atoms with Gasteiger partial charge < -0.3 is 15.5 Å². The first-order valence-electron chi connectivity index (χ1n) is 14.8. The van der Waals surface area contributed by atoms with E-state index < -0.39 is 0 Å². The van der Waals surface area contributed by atoms with Crippen molar-refractivity contribution in [1.29, 1.82) is 0 Å². The Morgan fingerprint density at radius 1 is 1.02 bits per heavy atom. The smallest absolute Gasteiger partial charge is 0.257 e. The van der Waals surface area contributed by atoms with Crippen LogP contribution in [0.5, 0.6) is 0 Å². The number of likely N-dealkylation sites (tertiary alicyclic amines) is 1. The molecule has 2 N–H and O–H groups in total. The van der Waals surface area contributed by atoms with Crippen LogP contribution >= 0.6 is 0 Å². The molecule has 3 aliphatic rings. The molecule has 41 heavy (non-hydrogen) atoms. The molecule has 0 radical (unpaired) electrons. The van der Waals surface area contributed by atoms with E-state index in [-0.39, 0.29) is 5.91 Å². The molecule has 0 aliphatic carbocycles. The summed E-state index contributed by atoms with van der Waals surface area (Å²) in [6.45, 7) is 7.29. The average Bonchev–Trinajstić information content (AvgIpc) is 3.36. The fourth-order valence-electron chi connectivity index (χ4n) is 6.55. The van der Waals surface area contributed by atoms with Crippen molar-refractivity contribution in [1.82, 2.24) is 34.9 Å². The van der Waals surface area contributed by atoms with Crippen molar-refractivity contribution in [3.63, 3.8) is 0 Å². The van der Waals surface area contributed by atoms with Crippen molar-refractivity contribution in [3.05, 3.63) is 60.2 Å². The maximum atomic E-state index is 13.2. The van der Waals surface area contributed by atoms with Gasteiger partial charge in [-0.25, -0.2) is 15.0 Å². The summed E-state index contributed by atoms with van der Waals surface area (Å²) < 4.78 is 1.96. The summed E-state index contributed by atoms with van der Waals surface area (Å²) in [6, 6.07) is 9.54. The summed E-state index contributed by atoms with van der Waals surface area (Å²) in [5.74, 6) is 1.13. The van der Waals surface area contributed by atoms with Crippen LogP contribution in [-0.4, -0.2) is 74.8 Å². The Balaban J connectivity index is 1.07. The summed E-state index contributed by atoms with van der Waals surface area (Å²) in [4.78, 5) is 32.0. The summed E-state index contributed by atoms with van der Waals surface area (Å²) in [5.41, 5.74) is 4.84. The number of rotatable bonds is 6. The van der Waals surface area contributed by atoms with E-state index in [4.69, 9.17) is 4.98 Å². The lowest BCUT2D eigenvalue weighted by Crippen LogP contribution is -2.60. The predicted molar refractivity (Wildman–Crippen MR) is 160 cm³/mol. The lowest BCUT2D eigenvalue weighted by atomic mass is 9.72. The summed E-state index contributed by atoms with van der Waals surface area (Å²) in [5, 5.41) is 11.9. The second-order valence-electron chi connectivity index (χ2n) is 11.9. The molecule has 212 valence electrons. The molecule has 10 nitrogen and oxygen atoms in total. The average molecular weight is 552 g/mol. The second-order valence-corrected chi connectivity index (χ2v) is 11.9. The monoisotopic (exact) mass is 551 g/mol. The fourth-order valence-corrected chi connectivity index (χ4v) is 6.55. The molecular weight excluding hydrogens is 514 g/mol. The van der Waals surface area contributed by atoms with E-state index in [1.165, 1.54) is 37.8 Å². The topological polar surface area (TPSA) is 104 Å². The number of piperidine rings is 2. The Morgan fingerprint density at radius 3 is 2.68 bits per heavy atom. The number of pyridine rings is 3. The molecule has 10 heteroatoms. The van der Waals surface area contributed by atoms with Crippen molar-refractivity contribution in [2.75, 3.05) is 49.5 Å². The number of amides is 1. The minimum atomic E-state index is -0.204. The molecule has 1 spiro atoms. The molecule has 0 unspecified atom stereocenters. The first-order chi connectivity index (χ1) is 20.1. The number of anilines is 2. The molecule has 0 bridgehead atoms. The molecule has 0 aromatic carbocycles. The van der Waals surface area contributed by atoms with Crippen LogP contribution in [0.25, 0.3) is 22.2 Å². The van der Waals surface area contributed by atoms with E-state index in [1.54, 1.807) is 18.5 Å². The van der Waals surface area contributed by atoms with Gasteiger partial charge in [-0.1, -0.05) is 6.42 Å².